The predicted molar refractivity (Wildman–Crippen MR) is 76.2 cm³/mol. The molecule has 0 aromatic carbocycles. The van der Waals surface area contributed by atoms with Gasteiger partial charge in [-0.25, -0.2) is 0 Å². The number of aliphatic carboxylic acids is 1. The van der Waals surface area contributed by atoms with E-state index in [0.29, 0.717) is 24.8 Å². The average Bonchev–Trinajstić information content (AvgIpc) is 2.39. The van der Waals surface area contributed by atoms with Gasteiger partial charge in [0.05, 0.1) is 0 Å². The number of alkyl halides is 3. The molecule has 0 spiro atoms. The second-order valence-corrected chi connectivity index (χ2v) is 5.34. The first-order valence-electron chi connectivity index (χ1n) is 7.01. The summed E-state index contributed by atoms with van der Waals surface area (Å²) in [4.78, 5) is 23.0. The van der Waals surface area contributed by atoms with E-state index >= 15 is 0 Å². The van der Waals surface area contributed by atoms with E-state index in [0.717, 1.165) is 6.08 Å². The SMILES string of the molecule is C=C(/C=C\C(=C/C)[C@@H]1C(=O)CCCC1CC(=O)O)C(F)(F)F. The summed E-state index contributed by atoms with van der Waals surface area (Å²) in [6.07, 6.45) is 0.439. The van der Waals surface area contributed by atoms with E-state index in [-0.39, 0.29) is 18.1 Å². The normalized spacial score (nSPS) is 23.8. The molecular weight excluding hydrogens is 297 g/mol. The molecule has 1 N–H and O–H groups in total. The summed E-state index contributed by atoms with van der Waals surface area (Å²) in [6, 6.07) is 0. The van der Waals surface area contributed by atoms with Gasteiger partial charge < -0.3 is 5.11 Å². The summed E-state index contributed by atoms with van der Waals surface area (Å²) in [5.41, 5.74) is -0.591. The topological polar surface area (TPSA) is 54.4 Å². The Bertz CT molecular complexity index is 515. The minimum Gasteiger partial charge on any atom is -0.481 e. The van der Waals surface area contributed by atoms with Crippen LogP contribution < -0.4 is 0 Å². The van der Waals surface area contributed by atoms with Crippen molar-refractivity contribution >= 4 is 11.8 Å². The molecule has 1 fully saturated rings. The number of rotatable bonds is 5. The highest BCUT2D eigenvalue weighted by Crippen LogP contribution is 2.36. The molecule has 6 heteroatoms. The van der Waals surface area contributed by atoms with Crippen LogP contribution in [0.3, 0.4) is 0 Å². The highest BCUT2D eigenvalue weighted by Gasteiger charge is 2.35. The highest BCUT2D eigenvalue weighted by atomic mass is 19.4. The summed E-state index contributed by atoms with van der Waals surface area (Å²) in [5, 5.41) is 8.94. The maximum absolute atomic E-state index is 12.5. The molecule has 122 valence electrons. The van der Waals surface area contributed by atoms with Gasteiger partial charge in [0.2, 0.25) is 0 Å². The smallest absolute Gasteiger partial charge is 0.415 e. The molecule has 1 aliphatic carbocycles. The lowest BCUT2D eigenvalue weighted by Gasteiger charge is -2.30. The van der Waals surface area contributed by atoms with Crippen LogP contribution in [0.1, 0.15) is 32.6 Å². The van der Waals surface area contributed by atoms with Crippen LogP contribution in [0, 0.1) is 11.8 Å². The Morgan fingerprint density at radius 1 is 1.41 bits per heavy atom. The molecule has 0 amide bonds. The molecule has 0 saturated heterocycles. The fourth-order valence-corrected chi connectivity index (χ4v) is 2.70. The van der Waals surface area contributed by atoms with Crippen molar-refractivity contribution < 1.29 is 27.9 Å². The predicted octanol–water partition coefficient (Wildman–Crippen LogP) is 4.07. The average molecular weight is 316 g/mol. The molecule has 1 rings (SSSR count). The summed E-state index contributed by atoms with van der Waals surface area (Å²) < 4.78 is 37.4. The van der Waals surface area contributed by atoms with Gasteiger partial charge in [0.15, 0.2) is 0 Å². The third-order valence-electron chi connectivity index (χ3n) is 3.79. The first-order chi connectivity index (χ1) is 10.2. The minimum atomic E-state index is -4.52. The zero-order valence-electron chi connectivity index (χ0n) is 12.3. The van der Waals surface area contributed by atoms with E-state index in [2.05, 4.69) is 6.58 Å². The first kappa shape index (κ1) is 18.2. The van der Waals surface area contributed by atoms with Gasteiger partial charge in [-0.2, -0.15) is 13.2 Å². The number of carboxylic acids is 1. The monoisotopic (exact) mass is 316 g/mol. The third kappa shape index (κ3) is 4.86. The number of carbonyl (C=O) groups is 2. The maximum atomic E-state index is 12.5. The molecular formula is C16H19F3O3. The number of carboxylic acid groups (broad SMARTS) is 1. The van der Waals surface area contributed by atoms with Gasteiger partial charge in [0, 0.05) is 24.3 Å². The van der Waals surface area contributed by atoms with Crippen molar-refractivity contribution in [3.05, 3.63) is 36.0 Å². The second-order valence-electron chi connectivity index (χ2n) is 5.34. The van der Waals surface area contributed by atoms with E-state index < -0.39 is 23.6 Å². The maximum Gasteiger partial charge on any atom is 0.415 e. The van der Waals surface area contributed by atoms with Crippen LogP contribution in [-0.4, -0.2) is 23.0 Å². The molecule has 2 atom stereocenters. The standard InChI is InChI=1S/C16H19F3O3/c1-3-11(8-7-10(2)16(17,18)19)15-12(9-14(21)22)5-4-6-13(15)20/h3,7-8,12,15H,2,4-6,9H2,1H3,(H,21,22)/b8-7-,11-3+/t12?,15-/m0/s1. The Morgan fingerprint density at radius 2 is 2.05 bits per heavy atom. The molecule has 1 unspecified atom stereocenters. The highest BCUT2D eigenvalue weighted by molar-refractivity contribution is 5.86. The van der Waals surface area contributed by atoms with Crippen LogP contribution in [-0.2, 0) is 9.59 Å². The fourth-order valence-electron chi connectivity index (χ4n) is 2.70. The van der Waals surface area contributed by atoms with Crippen LogP contribution in [0.2, 0.25) is 0 Å². The lowest BCUT2D eigenvalue weighted by molar-refractivity contribution is -0.139. The molecule has 0 aromatic heterocycles. The summed E-state index contributed by atoms with van der Waals surface area (Å²) in [7, 11) is 0. The first-order valence-corrected chi connectivity index (χ1v) is 7.01. The van der Waals surface area contributed by atoms with E-state index in [1.165, 1.54) is 6.08 Å². The molecule has 22 heavy (non-hydrogen) atoms. The molecule has 0 aliphatic heterocycles. The molecule has 0 bridgehead atoms. The van der Waals surface area contributed by atoms with Gasteiger partial charge in [0.1, 0.15) is 5.78 Å². The van der Waals surface area contributed by atoms with Crippen LogP contribution in [0.15, 0.2) is 36.0 Å². The van der Waals surface area contributed by atoms with Gasteiger partial charge >= 0.3 is 12.1 Å². The van der Waals surface area contributed by atoms with Crippen molar-refractivity contribution in [3.63, 3.8) is 0 Å². The molecule has 0 heterocycles. The zero-order chi connectivity index (χ0) is 16.9. The van der Waals surface area contributed by atoms with Crippen LogP contribution in [0.4, 0.5) is 13.2 Å². The Hall–Kier alpha value is -1.85. The third-order valence-corrected chi connectivity index (χ3v) is 3.79. The fraction of sp³-hybridized carbons (Fsp3) is 0.500. The second kappa shape index (κ2) is 7.42. The Labute approximate surface area is 127 Å². The van der Waals surface area contributed by atoms with Crippen molar-refractivity contribution in [1.82, 2.24) is 0 Å². The number of halogens is 3. The Kier molecular flexibility index (Phi) is 6.14. The summed E-state index contributed by atoms with van der Waals surface area (Å²) in [5.74, 6) is -2.17. The van der Waals surface area contributed by atoms with Crippen molar-refractivity contribution in [2.75, 3.05) is 0 Å². The number of ketones is 1. The number of hydrogen-bond acceptors (Lipinski definition) is 2. The van der Waals surface area contributed by atoms with Crippen LogP contribution >= 0.6 is 0 Å². The molecule has 1 aliphatic rings. The number of carbonyl (C=O) groups excluding carboxylic acids is 1. The van der Waals surface area contributed by atoms with E-state index in [1.54, 1.807) is 13.0 Å². The van der Waals surface area contributed by atoms with Crippen molar-refractivity contribution in [1.29, 1.82) is 0 Å². The van der Waals surface area contributed by atoms with Gasteiger partial charge in [-0.05, 0) is 31.3 Å². The van der Waals surface area contributed by atoms with Crippen molar-refractivity contribution in [3.8, 4) is 0 Å². The van der Waals surface area contributed by atoms with E-state index in [1.807, 2.05) is 0 Å². The van der Waals surface area contributed by atoms with Crippen molar-refractivity contribution in [2.45, 2.75) is 38.8 Å². The molecule has 0 radical (unpaired) electrons. The number of Topliss-reactive ketones (excluding diaryl/α,β-unsaturated/α-hetero) is 1. The van der Waals surface area contributed by atoms with Gasteiger partial charge in [-0.1, -0.05) is 24.8 Å². The van der Waals surface area contributed by atoms with Gasteiger partial charge in [0.25, 0.3) is 0 Å². The van der Waals surface area contributed by atoms with E-state index in [9.17, 15) is 22.8 Å². The molecule has 3 nitrogen and oxygen atoms in total. The largest absolute Gasteiger partial charge is 0.481 e. The Morgan fingerprint density at radius 3 is 2.55 bits per heavy atom. The number of hydrogen-bond donors (Lipinski definition) is 1. The van der Waals surface area contributed by atoms with Crippen molar-refractivity contribution in [2.24, 2.45) is 11.8 Å². The van der Waals surface area contributed by atoms with Crippen LogP contribution in [0.5, 0.6) is 0 Å². The molecule has 0 aromatic rings. The molecule has 1 saturated carbocycles. The van der Waals surface area contributed by atoms with Gasteiger partial charge in [-0.15, -0.1) is 0 Å². The quantitative estimate of drug-likeness (QED) is 0.778. The summed E-state index contributed by atoms with van der Waals surface area (Å²) >= 11 is 0. The number of allylic oxidation sites excluding steroid dienone is 5. The summed E-state index contributed by atoms with van der Waals surface area (Å²) in [6.45, 7) is 4.57. The van der Waals surface area contributed by atoms with Crippen LogP contribution in [0.25, 0.3) is 0 Å². The lowest BCUT2D eigenvalue weighted by atomic mass is 9.72. The Balaban J connectivity index is 2.99. The minimum absolute atomic E-state index is 0.118. The lowest BCUT2D eigenvalue weighted by Crippen LogP contribution is -2.31. The zero-order valence-corrected chi connectivity index (χ0v) is 12.3. The van der Waals surface area contributed by atoms with Gasteiger partial charge in [-0.3, -0.25) is 9.59 Å². The van der Waals surface area contributed by atoms with E-state index in [4.69, 9.17) is 5.11 Å².